The lowest BCUT2D eigenvalue weighted by Gasteiger charge is -2.24. The third-order valence-electron chi connectivity index (χ3n) is 3.08. The molecule has 1 aliphatic heterocycles. The summed E-state index contributed by atoms with van der Waals surface area (Å²) in [5.74, 6) is 1.30. The van der Waals surface area contributed by atoms with Crippen LogP contribution in [0.3, 0.4) is 0 Å². The molecular formula is C11H19N3O2. The van der Waals surface area contributed by atoms with E-state index in [-0.39, 0.29) is 6.04 Å². The molecule has 5 heteroatoms. The van der Waals surface area contributed by atoms with Crippen molar-refractivity contribution in [1.82, 2.24) is 15.1 Å². The number of ether oxygens (including phenoxy) is 1. The summed E-state index contributed by atoms with van der Waals surface area (Å²) in [5, 5.41) is 7.89. The van der Waals surface area contributed by atoms with E-state index < -0.39 is 0 Å². The monoisotopic (exact) mass is 225 g/mol. The predicted octanol–water partition coefficient (Wildman–Crippen LogP) is 1.55. The van der Waals surface area contributed by atoms with Gasteiger partial charge in [-0.3, -0.25) is 4.90 Å². The Labute approximate surface area is 95.8 Å². The second kappa shape index (κ2) is 4.93. The van der Waals surface area contributed by atoms with Crippen LogP contribution in [0.4, 0.5) is 0 Å². The average Bonchev–Trinajstić information content (AvgIpc) is 2.88. The molecule has 1 aromatic rings. The standard InChI is InChI=1S/C11H19N3O2/c1-8(11-13-12-9(2)16-11)14(3)7-10-5-4-6-15-10/h8,10H,4-7H2,1-3H3. The van der Waals surface area contributed by atoms with Crippen LogP contribution in [0, 0.1) is 6.92 Å². The van der Waals surface area contributed by atoms with Crippen LogP contribution < -0.4 is 0 Å². The zero-order chi connectivity index (χ0) is 11.5. The van der Waals surface area contributed by atoms with E-state index in [9.17, 15) is 0 Å². The summed E-state index contributed by atoms with van der Waals surface area (Å²) in [6.07, 6.45) is 2.68. The minimum atomic E-state index is 0.144. The smallest absolute Gasteiger partial charge is 0.233 e. The van der Waals surface area contributed by atoms with E-state index >= 15 is 0 Å². The summed E-state index contributed by atoms with van der Waals surface area (Å²) in [7, 11) is 2.06. The fourth-order valence-electron chi connectivity index (χ4n) is 1.94. The molecule has 0 radical (unpaired) electrons. The van der Waals surface area contributed by atoms with E-state index in [0.717, 1.165) is 19.6 Å². The molecule has 1 aromatic heterocycles. The molecular weight excluding hydrogens is 206 g/mol. The Bertz CT molecular complexity index is 334. The molecule has 0 spiro atoms. The molecule has 16 heavy (non-hydrogen) atoms. The van der Waals surface area contributed by atoms with Gasteiger partial charge in [0.2, 0.25) is 11.8 Å². The number of hydrogen-bond acceptors (Lipinski definition) is 5. The lowest BCUT2D eigenvalue weighted by atomic mass is 10.2. The second-order valence-corrected chi connectivity index (χ2v) is 4.41. The van der Waals surface area contributed by atoms with Crippen molar-refractivity contribution in [3.63, 3.8) is 0 Å². The maximum Gasteiger partial charge on any atom is 0.233 e. The Hall–Kier alpha value is -0.940. The van der Waals surface area contributed by atoms with Crippen molar-refractivity contribution in [2.75, 3.05) is 20.2 Å². The van der Waals surface area contributed by atoms with E-state index in [1.165, 1.54) is 6.42 Å². The number of rotatable bonds is 4. The highest BCUT2D eigenvalue weighted by Crippen LogP contribution is 2.20. The third kappa shape index (κ3) is 2.59. The van der Waals surface area contributed by atoms with Gasteiger partial charge < -0.3 is 9.15 Å². The van der Waals surface area contributed by atoms with E-state index in [0.29, 0.717) is 17.9 Å². The largest absolute Gasteiger partial charge is 0.424 e. The van der Waals surface area contributed by atoms with Crippen LogP contribution in [0.25, 0.3) is 0 Å². The van der Waals surface area contributed by atoms with Crippen LogP contribution in [0.1, 0.15) is 37.6 Å². The summed E-state index contributed by atoms with van der Waals surface area (Å²) in [4.78, 5) is 2.20. The SMILES string of the molecule is Cc1nnc(C(C)N(C)CC2CCCO2)o1. The molecule has 1 fully saturated rings. The van der Waals surface area contributed by atoms with Gasteiger partial charge in [-0.1, -0.05) is 0 Å². The molecule has 0 amide bonds. The average molecular weight is 225 g/mol. The Morgan fingerprint density at radius 2 is 2.31 bits per heavy atom. The molecule has 0 N–H and O–H groups in total. The van der Waals surface area contributed by atoms with Gasteiger partial charge in [-0.15, -0.1) is 10.2 Å². The molecule has 2 atom stereocenters. The molecule has 0 saturated carbocycles. The number of hydrogen-bond donors (Lipinski definition) is 0. The summed E-state index contributed by atoms with van der Waals surface area (Å²) in [6, 6.07) is 0.144. The topological polar surface area (TPSA) is 51.4 Å². The molecule has 1 saturated heterocycles. The van der Waals surface area contributed by atoms with Gasteiger partial charge in [-0.25, -0.2) is 0 Å². The highest BCUT2D eigenvalue weighted by molar-refractivity contribution is 4.88. The molecule has 0 aromatic carbocycles. The first-order valence-electron chi connectivity index (χ1n) is 5.78. The van der Waals surface area contributed by atoms with Gasteiger partial charge in [0.25, 0.3) is 0 Å². The van der Waals surface area contributed by atoms with Gasteiger partial charge in [0, 0.05) is 20.1 Å². The fourth-order valence-corrected chi connectivity index (χ4v) is 1.94. The molecule has 1 aliphatic rings. The fraction of sp³-hybridized carbons (Fsp3) is 0.818. The predicted molar refractivity (Wildman–Crippen MR) is 59.1 cm³/mol. The van der Waals surface area contributed by atoms with Crippen LogP contribution in [0.15, 0.2) is 4.42 Å². The zero-order valence-electron chi connectivity index (χ0n) is 10.1. The number of aryl methyl sites for hydroxylation is 1. The van der Waals surface area contributed by atoms with Crippen molar-refractivity contribution in [2.45, 2.75) is 38.8 Å². The number of likely N-dealkylation sites (N-methyl/N-ethyl adjacent to an activating group) is 1. The van der Waals surface area contributed by atoms with Crippen molar-refractivity contribution >= 4 is 0 Å². The van der Waals surface area contributed by atoms with Crippen molar-refractivity contribution in [3.8, 4) is 0 Å². The summed E-state index contributed by atoms with van der Waals surface area (Å²) < 4.78 is 11.0. The molecule has 5 nitrogen and oxygen atoms in total. The van der Waals surface area contributed by atoms with E-state index in [1.807, 2.05) is 6.92 Å². The van der Waals surface area contributed by atoms with Crippen LogP contribution in [-0.2, 0) is 4.74 Å². The highest BCUT2D eigenvalue weighted by atomic mass is 16.5. The van der Waals surface area contributed by atoms with E-state index in [2.05, 4.69) is 29.1 Å². The lowest BCUT2D eigenvalue weighted by Crippen LogP contribution is -2.31. The molecule has 0 bridgehead atoms. The minimum Gasteiger partial charge on any atom is -0.424 e. The Morgan fingerprint density at radius 1 is 1.50 bits per heavy atom. The van der Waals surface area contributed by atoms with Crippen LogP contribution >= 0.6 is 0 Å². The summed E-state index contributed by atoms with van der Waals surface area (Å²) in [5.41, 5.74) is 0. The minimum absolute atomic E-state index is 0.144. The van der Waals surface area contributed by atoms with E-state index in [4.69, 9.17) is 9.15 Å². The Morgan fingerprint density at radius 3 is 2.88 bits per heavy atom. The van der Waals surface area contributed by atoms with E-state index in [1.54, 1.807) is 0 Å². The first-order valence-corrected chi connectivity index (χ1v) is 5.78. The van der Waals surface area contributed by atoms with Crippen molar-refractivity contribution in [1.29, 1.82) is 0 Å². The molecule has 2 heterocycles. The number of aromatic nitrogens is 2. The second-order valence-electron chi connectivity index (χ2n) is 4.41. The normalized spacial score (nSPS) is 22.9. The zero-order valence-corrected chi connectivity index (χ0v) is 10.1. The molecule has 90 valence electrons. The van der Waals surface area contributed by atoms with Crippen molar-refractivity contribution in [2.24, 2.45) is 0 Å². The Balaban J connectivity index is 1.90. The van der Waals surface area contributed by atoms with Crippen LogP contribution in [0.5, 0.6) is 0 Å². The van der Waals surface area contributed by atoms with Gasteiger partial charge in [-0.05, 0) is 26.8 Å². The lowest BCUT2D eigenvalue weighted by molar-refractivity contribution is 0.0661. The van der Waals surface area contributed by atoms with Crippen molar-refractivity contribution < 1.29 is 9.15 Å². The summed E-state index contributed by atoms with van der Waals surface area (Å²) in [6.45, 7) is 5.69. The third-order valence-corrected chi connectivity index (χ3v) is 3.08. The van der Waals surface area contributed by atoms with Gasteiger partial charge >= 0.3 is 0 Å². The van der Waals surface area contributed by atoms with Crippen molar-refractivity contribution in [3.05, 3.63) is 11.8 Å². The van der Waals surface area contributed by atoms with Gasteiger partial charge in [0.15, 0.2) is 0 Å². The maximum atomic E-state index is 5.61. The molecule has 0 aliphatic carbocycles. The summed E-state index contributed by atoms with van der Waals surface area (Å²) >= 11 is 0. The highest BCUT2D eigenvalue weighted by Gasteiger charge is 2.23. The van der Waals surface area contributed by atoms with Gasteiger partial charge in [-0.2, -0.15) is 0 Å². The first-order chi connectivity index (χ1) is 7.66. The Kier molecular flexibility index (Phi) is 3.56. The van der Waals surface area contributed by atoms with Crippen LogP contribution in [-0.4, -0.2) is 41.4 Å². The first kappa shape index (κ1) is 11.5. The quantitative estimate of drug-likeness (QED) is 0.778. The van der Waals surface area contributed by atoms with Crippen LogP contribution in [0.2, 0.25) is 0 Å². The van der Waals surface area contributed by atoms with Gasteiger partial charge in [0.1, 0.15) is 0 Å². The molecule has 2 rings (SSSR count). The van der Waals surface area contributed by atoms with Gasteiger partial charge in [0.05, 0.1) is 12.1 Å². The number of nitrogens with zero attached hydrogens (tertiary/aromatic N) is 3. The maximum absolute atomic E-state index is 5.61. The molecule has 2 unspecified atom stereocenters.